The third-order valence-electron chi connectivity index (χ3n) is 2.82. The number of benzene rings is 1. The topological polar surface area (TPSA) is 79.4 Å². The van der Waals surface area contributed by atoms with E-state index in [0.717, 1.165) is 10.9 Å². The Balaban J connectivity index is 2.64. The van der Waals surface area contributed by atoms with Gasteiger partial charge in [0.1, 0.15) is 5.69 Å². The number of H-pyrrole nitrogens is 1. The van der Waals surface area contributed by atoms with Gasteiger partial charge in [0.2, 0.25) is 0 Å². The molecule has 5 nitrogen and oxygen atoms in total. The number of hydrogen-bond donors (Lipinski definition) is 2. The summed E-state index contributed by atoms with van der Waals surface area (Å²) in [5, 5.41) is 9.89. The summed E-state index contributed by atoms with van der Waals surface area (Å²) in [7, 11) is 1.28. The fourth-order valence-corrected chi connectivity index (χ4v) is 1.94. The van der Waals surface area contributed by atoms with Crippen molar-refractivity contribution >= 4 is 22.8 Å². The van der Waals surface area contributed by atoms with E-state index >= 15 is 0 Å². The molecule has 0 aliphatic carbocycles. The van der Waals surface area contributed by atoms with Crippen molar-refractivity contribution < 1.29 is 19.4 Å². The first-order valence-electron chi connectivity index (χ1n) is 5.44. The van der Waals surface area contributed by atoms with Gasteiger partial charge >= 0.3 is 11.9 Å². The standard InChI is InChI=1S/C13H13NO4/c1-7-3-4-10-8(5-7)9(6-11(15)18-2)12(14-10)13(16)17/h3-5,14H,6H2,1-2H3,(H,16,17). The molecule has 2 rings (SSSR count). The zero-order chi connectivity index (χ0) is 13.3. The molecule has 5 heteroatoms. The Morgan fingerprint density at radius 3 is 2.72 bits per heavy atom. The molecule has 1 aromatic carbocycles. The first-order chi connectivity index (χ1) is 8.52. The van der Waals surface area contributed by atoms with Crippen LogP contribution in [0.3, 0.4) is 0 Å². The minimum Gasteiger partial charge on any atom is -0.477 e. The van der Waals surface area contributed by atoms with Crippen LogP contribution in [-0.4, -0.2) is 29.1 Å². The van der Waals surface area contributed by atoms with E-state index in [0.29, 0.717) is 11.1 Å². The number of rotatable bonds is 3. The molecule has 0 amide bonds. The Hall–Kier alpha value is -2.30. The Bertz CT molecular complexity index is 627. The molecule has 0 fully saturated rings. The molecule has 2 aromatic rings. The second-order valence-electron chi connectivity index (χ2n) is 4.09. The highest BCUT2D eigenvalue weighted by molar-refractivity contribution is 5.99. The number of aromatic carboxylic acids is 1. The van der Waals surface area contributed by atoms with Crippen molar-refractivity contribution in [3.8, 4) is 0 Å². The van der Waals surface area contributed by atoms with Crippen LogP contribution in [0.4, 0.5) is 0 Å². The molecule has 0 bridgehead atoms. The number of hydrogen-bond acceptors (Lipinski definition) is 3. The van der Waals surface area contributed by atoms with E-state index in [9.17, 15) is 9.59 Å². The summed E-state index contributed by atoms with van der Waals surface area (Å²) in [6.45, 7) is 1.91. The maximum atomic E-state index is 11.4. The molecule has 1 aromatic heterocycles. The molecule has 0 aliphatic rings. The Morgan fingerprint density at radius 1 is 1.39 bits per heavy atom. The molecule has 0 aliphatic heterocycles. The van der Waals surface area contributed by atoms with Crippen LogP contribution in [-0.2, 0) is 16.0 Å². The van der Waals surface area contributed by atoms with Crippen LogP contribution in [0.15, 0.2) is 18.2 Å². The number of carboxylic acids is 1. The Morgan fingerprint density at radius 2 is 2.11 bits per heavy atom. The van der Waals surface area contributed by atoms with E-state index < -0.39 is 11.9 Å². The zero-order valence-electron chi connectivity index (χ0n) is 10.1. The first kappa shape index (κ1) is 12.2. The molecular formula is C13H13NO4. The van der Waals surface area contributed by atoms with Crippen molar-refractivity contribution in [1.82, 2.24) is 4.98 Å². The van der Waals surface area contributed by atoms with Gasteiger partial charge in [-0.3, -0.25) is 4.79 Å². The fourth-order valence-electron chi connectivity index (χ4n) is 1.94. The molecule has 0 saturated heterocycles. The lowest BCUT2D eigenvalue weighted by atomic mass is 10.1. The fraction of sp³-hybridized carbons (Fsp3) is 0.231. The second-order valence-corrected chi connectivity index (χ2v) is 4.09. The number of aromatic nitrogens is 1. The highest BCUT2D eigenvalue weighted by Crippen LogP contribution is 2.24. The highest BCUT2D eigenvalue weighted by atomic mass is 16.5. The van der Waals surface area contributed by atoms with Crippen molar-refractivity contribution in [2.24, 2.45) is 0 Å². The number of carbonyl (C=O) groups is 2. The lowest BCUT2D eigenvalue weighted by Crippen LogP contribution is -2.08. The van der Waals surface area contributed by atoms with Crippen molar-refractivity contribution in [2.75, 3.05) is 7.11 Å². The summed E-state index contributed by atoms with van der Waals surface area (Å²) >= 11 is 0. The van der Waals surface area contributed by atoms with E-state index in [1.807, 2.05) is 19.1 Å². The van der Waals surface area contributed by atoms with Gasteiger partial charge < -0.3 is 14.8 Å². The van der Waals surface area contributed by atoms with Crippen LogP contribution in [0.25, 0.3) is 10.9 Å². The summed E-state index contributed by atoms with van der Waals surface area (Å²) in [5.41, 5.74) is 2.22. The van der Waals surface area contributed by atoms with Crippen LogP contribution in [0.5, 0.6) is 0 Å². The monoisotopic (exact) mass is 247 g/mol. The lowest BCUT2D eigenvalue weighted by molar-refractivity contribution is -0.139. The minimum absolute atomic E-state index is 0.0426. The van der Waals surface area contributed by atoms with Crippen LogP contribution >= 0.6 is 0 Å². The molecule has 0 saturated carbocycles. The average molecular weight is 247 g/mol. The second kappa shape index (κ2) is 4.52. The highest BCUT2D eigenvalue weighted by Gasteiger charge is 2.19. The molecule has 0 radical (unpaired) electrons. The number of nitrogens with one attached hydrogen (secondary N) is 1. The van der Waals surface area contributed by atoms with Crippen molar-refractivity contribution in [1.29, 1.82) is 0 Å². The van der Waals surface area contributed by atoms with Gasteiger partial charge in [0.25, 0.3) is 0 Å². The molecule has 2 N–H and O–H groups in total. The molecule has 0 unspecified atom stereocenters. The van der Waals surface area contributed by atoms with Crippen molar-refractivity contribution in [3.63, 3.8) is 0 Å². The van der Waals surface area contributed by atoms with Gasteiger partial charge in [0.15, 0.2) is 0 Å². The third kappa shape index (κ3) is 2.07. The predicted octanol–water partition coefficient (Wildman–Crippen LogP) is 1.89. The smallest absolute Gasteiger partial charge is 0.352 e. The summed E-state index contributed by atoms with van der Waals surface area (Å²) in [4.78, 5) is 25.3. The maximum Gasteiger partial charge on any atom is 0.352 e. The Kier molecular flexibility index (Phi) is 3.06. The molecule has 0 spiro atoms. The summed E-state index contributed by atoms with van der Waals surface area (Å²) in [6, 6.07) is 5.54. The Labute approximate surface area is 103 Å². The number of esters is 1. The molecule has 1 heterocycles. The van der Waals surface area contributed by atoms with E-state index in [-0.39, 0.29) is 12.1 Å². The third-order valence-corrected chi connectivity index (χ3v) is 2.82. The summed E-state index contributed by atoms with van der Waals surface area (Å²) in [6.07, 6.45) is -0.0540. The van der Waals surface area contributed by atoms with Gasteiger partial charge in [0.05, 0.1) is 13.5 Å². The van der Waals surface area contributed by atoms with Crippen LogP contribution in [0.2, 0.25) is 0 Å². The van der Waals surface area contributed by atoms with Crippen molar-refractivity contribution in [2.45, 2.75) is 13.3 Å². The van der Waals surface area contributed by atoms with Crippen LogP contribution in [0.1, 0.15) is 21.6 Å². The van der Waals surface area contributed by atoms with Gasteiger partial charge in [-0.15, -0.1) is 0 Å². The van der Waals surface area contributed by atoms with Gasteiger partial charge in [-0.25, -0.2) is 4.79 Å². The number of aromatic amines is 1. The van der Waals surface area contributed by atoms with Crippen LogP contribution < -0.4 is 0 Å². The number of carboxylic acid groups (broad SMARTS) is 1. The average Bonchev–Trinajstić information content (AvgIpc) is 2.67. The number of fused-ring (bicyclic) bond motifs is 1. The van der Waals surface area contributed by atoms with Crippen LogP contribution in [0, 0.1) is 6.92 Å². The molecule has 0 atom stereocenters. The number of ether oxygens (including phenoxy) is 1. The largest absolute Gasteiger partial charge is 0.477 e. The quantitative estimate of drug-likeness (QED) is 0.812. The zero-order valence-corrected chi connectivity index (χ0v) is 10.1. The van der Waals surface area contributed by atoms with Gasteiger partial charge in [-0.05, 0) is 19.1 Å². The van der Waals surface area contributed by atoms with E-state index in [2.05, 4.69) is 9.72 Å². The SMILES string of the molecule is COC(=O)Cc1c(C(=O)O)[nH]c2ccc(C)cc12. The number of methoxy groups -OCH3 is 1. The van der Waals surface area contributed by atoms with Crippen molar-refractivity contribution in [3.05, 3.63) is 35.0 Å². The normalized spacial score (nSPS) is 10.6. The maximum absolute atomic E-state index is 11.4. The summed E-state index contributed by atoms with van der Waals surface area (Å²) in [5.74, 6) is -1.54. The van der Waals surface area contributed by atoms with Gasteiger partial charge in [0, 0.05) is 16.5 Å². The van der Waals surface area contributed by atoms with E-state index in [1.54, 1.807) is 6.07 Å². The molecule has 94 valence electrons. The summed E-state index contributed by atoms with van der Waals surface area (Å²) < 4.78 is 4.59. The number of aryl methyl sites for hydroxylation is 1. The minimum atomic E-state index is -1.08. The first-order valence-corrected chi connectivity index (χ1v) is 5.44. The van der Waals surface area contributed by atoms with Gasteiger partial charge in [-0.1, -0.05) is 11.6 Å². The molecular weight excluding hydrogens is 234 g/mol. The predicted molar refractivity (Wildman–Crippen MR) is 65.7 cm³/mol. The van der Waals surface area contributed by atoms with E-state index in [4.69, 9.17) is 5.11 Å². The lowest BCUT2D eigenvalue weighted by Gasteiger charge is -2.01. The molecule has 18 heavy (non-hydrogen) atoms. The number of carbonyl (C=O) groups excluding carboxylic acids is 1. The van der Waals surface area contributed by atoms with E-state index in [1.165, 1.54) is 7.11 Å². The van der Waals surface area contributed by atoms with Gasteiger partial charge in [-0.2, -0.15) is 0 Å².